The van der Waals surface area contributed by atoms with Crippen molar-refractivity contribution in [3.8, 4) is 40.1 Å². The molecule has 41 heavy (non-hydrogen) atoms. The SMILES string of the molecule is CC1O[C@@H](O[C@@H]2CO[C@@H](Oc3cc4oc(-c5ccc(O)c(O)c5)cc(=O)c4c(O)c3O)C(O)[C@H]2O)C(O)[C@@H](O)[C@H]1O. The molecule has 2 aromatic carbocycles. The minimum atomic E-state index is -1.81. The molecule has 0 saturated carbocycles. The van der Waals surface area contributed by atoms with E-state index in [0.717, 1.165) is 18.2 Å². The van der Waals surface area contributed by atoms with E-state index in [1.165, 1.54) is 19.1 Å². The molecular weight excluding hydrogens is 552 g/mol. The molecule has 5 rings (SSSR count). The molecule has 9 atom stereocenters. The fraction of sp³-hybridized carbons (Fsp3) is 0.423. The van der Waals surface area contributed by atoms with Crippen molar-refractivity contribution in [1.82, 2.24) is 0 Å². The summed E-state index contributed by atoms with van der Waals surface area (Å²) in [4.78, 5) is 12.7. The Morgan fingerprint density at radius 2 is 1.51 bits per heavy atom. The van der Waals surface area contributed by atoms with Crippen molar-refractivity contribution in [2.75, 3.05) is 6.61 Å². The lowest BCUT2D eigenvalue weighted by molar-refractivity contribution is -0.333. The maximum Gasteiger partial charge on any atom is 0.229 e. The van der Waals surface area contributed by atoms with Gasteiger partial charge in [0.2, 0.25) is 12.0 Å². The second-order valence-corrected chi connectivity index (χ2v) is 9.78. The van der Waals surface area contributed by atoms with Crippen LogP contribution < -0.4 is 10.2 Å². The predicted molar refractivity (Wildman–Crippen MR) is 134 cm³/mol. The lowest BCUT2D eigenvalue weighted by Crippen LogP contribution is -2.61. The van der Waals surface area contributed by atoms with Crippen molar-refractivity contribution in [2.24, 2.45) is 0 Å². The maximum absolute atomic E-state index is 12.7. The molecule has 0 amide bonds. The summed E-state index contributed by atoms with van der Waals surface area (Å²) >= 11 is 0. The van der Waals surface area contributed by atoms with E-state index < -0.39 is 101 Å². The van der Waals surface area contributed by atoms with Gasteiger partial charge in [-0.2, -0.15) is 0 Å². The lowest BCUT2D eigenvalue weighted by atomic mass is 9.99. The van der Waals surface area contributed by atoms with Crippen molar-refractivity contribution < 1.29 is 69.3 Å². The summed E-state index contributed by atoms with van der Waals surface area (Å²) in [6, 6.07) is 5.73. The zero-order valence-electron chi connectivity index (χ0n) is 21.3. The van der Waals surface area contributed by atoms with E-state index >= 15 is 0 Å². The van der Waals surface area contributed by atoms with Gasteiger partial charge in [-0.15, -0.1) is 0 Å². The first-order valence-electron chi connectivity index (χ1n) is 12.4. The van der Waals surface area contributed by atoms with E-state index in [1.54, 1.807) is 0 Å². The average molecular weight is 580 g/mol. The highest BCUT2D eigenvalue weighted by atomic mass is 16.7. The predicted octanol–water partition coefficient (Wildman–Crippen LogP) is -1.05. The van der Waals surface area contributed by atoms with Crippen LogP contribution in [0, 0.1) is 0 Å². The molecule has 222 valence electrons. The zero-order chi connectivity index (χ0) is 29.7. The number of hydrogen-bond donors (Lipinski definition) is 9. The highest BCUT2D eigenvalue weighted by Gasteiger charge is 2.47. The highest BCUT2D eigenvalue weighted by molar-refractivity contribution is 5.89. The van der Waals surface area contributed by atoms with Crippen LogP contribution in [-0.2, 0) is 14.2 Å². The summed E-state index contributed by atoms with van der Waals surface area (Å²) in [5, 5.41) is 91.2. The van der Waals surface area contributed by atoms with Gasteiger partial charge in [0.25, 0.3) is 0 Å². The van der Waals surface area contributed by atoms with Crippen LogP contribution in [0.25, 0.3) is 22.3 Å². The zero-order valence-corrected chi connectivity index (χ0v) is 21.3. The third-order valence-corrected chi connectivity index (χ3v) is 6.99. The van der Waals surface area contributed by atoms with E-state index in [-0.39, 0.29) is 16.9 Å². The number of aliphatic hydroxyl groups is 5. The fourth-order valence-corrected chi connectivity index (χ4v) is 4.59. The highest BCUT2D eigenvalue weighted by Crippen LogP contribution is 2.43. The van der Waals surface area contributed by atoms with E-state index in [4.69, 9.17) is 23.4 Å². The standard InChI is InChI=1S/C26H28O15/c1-8-18(30)22(34)24(36)26(38-8)41-16-7-37-25(23(35)20(16)32)40-15-6-14-17(21(33)19(15)31)12(29)5-13(39-14)9-2-3-10(27)11(28)4-9/h2-6,8,16,18,20,22-28,30-36H,7H2,1H3/t8?,16-,18+,20+,22+,23?,24?,25+,26+/m1/s1. The van der Waals surface area contributed by atoms with Gasteiger partial charge in [-0.1, -0.05) is 0 Å². The third-order valence-electron chi connectivity index (χ3n) is 6.99. The Kier molecular flexibility index (Phi) is 7.71. The summed E-state index contributed by atoms with van der Waals surface area (Å²) < 4.78 is 27.4. The Morgan fingerprint density at radius 3 is 2.22 bits per heavy atom. The van der Waals surface area contributed by atoms with Crippen LogP contribution in [0.15, 0.2) is 39.5 Å². The summed E-state index contributed by atoms with van der Waals surface area (Å²) in [6.07, 6.45) is -13.4. The number of aliphatic hydroxyl groups excluding tert-OH is 5. The molecule has 15 heteroatoms. The Morgan fingerprint density at radius 1 is 0.805 bits per heavy atom. The van der Waals surface area contributed by atoms with Crippen LogP contribution in [0.5, 0.6) is 28.7 Å². The van der Waals surface area contributed by atoms with Crippen molar-refractivity contribution in [2.45, 2.75) is 62.2 Å². The molecule has 2 saturated heterocycles. The molecule has 3 unspecified atom stereocenters. The number of aromatic hydroxyl groups is 4. The number of hydrogen-bond acceptors (Lipinski definition) is 15. The molecule has 15 nitrogen and oxygen atoms in total. The minimum Gasteiger partial charge on any atom is -0.504 e. The van der Waals surface area contributed by atoms with Gasteiger partial charge in [0.15, 0.2) is 34.7 Å². The molecule has 0 spiro atoms. The third kappa shape index (κ3) is 5.25. The summed E-state index contributed by atoms with van der Waals surface area (Å²) in [5.41, 5.74) is -0.801. The van der Waals surface area contributed by atoms with Gasteiger partial charge in [-0.3, -0.25) is 4.79 Å². The average Bonchev–Trinajstić information content (AvgIpc) is 2.93. The normalized spacial score (nSPS) is 32.2. The maximum atomic E-state index is 12.7. The number of ether oxygens (including phenoxy) is 4. The van der Waals surface area contributed by atoms with Crippen LogP contribution in [-0.4, -0.2) is 108 Å². The second-order valence-electron chi connectivity index (χ2n) is 9.78. The molecule has 3 aromatic rings. The first kappa shape index (κ1) is 28.8. The molecule has 9 N–H and O–H groups in total. The van der Waals surface area contributed by atoms with E-state index in [0.29, 0.717) is 0 Å². The fourth-order valence-electron chi connectivity index (χ4n) is 4.59. The van der Waals surface area contributed by atoms with Crippen molar-refractivity contribution >= 4 is 11.0 Å². The molecule has 0 aliphatic carbocycles. The Hall–Kier alpha value is -3.67. The van der Waals surface area contributed by atoms with Crippen LogP contribution in [0.2, 0.25) is 0 Å². The molecule has 3 heterocycles. The summed E-state index contributed by atoms with van der Waals surface area (Å²) in [7, 11) is 0. The van der Waals surface area contributed by atoms with Gasteiger partial charge in [0, 0.05) is 17.7 Å². The van der Waals surface area contributed by atoms with Crippen LogP contribution >= 0.6 is 0 Å². The molecule has 2 fully saturated rings. The van der Waals surface area contributed by atoms with Gasteiger partial charge < -0.3 is 69.3 Å². The minimum absolute atomic E-state index is 0.0581. The van der Waals surface area contributed by atoms with Crippen molar-refractivity contribution in [3.05, 3.63) is 40.6 Å². The van der Waals surface area contributed by atoms with Gasteiger partial charge in [-0.25, -0.2) is 0 Å². The number of rotatable bonds is 5. The quantitative estimate of drug-likeness (QED) is 0.163. The molecule has 2 aliphatic heterocycles. The van der Waals surface area contributed by atoms with E-state index in [1.807, 2.05) is 0 Å². The Balaban J connectivity index is 1.36. The van der Waals surface area contributed by atoms with E-state index in [2.05, 4.69) is 0 Å². The topological polar surface area (TPSA) is 249 Å². The van der Waals surface area contributed by atoms with Gasteiger partial charge in [0.1, 0.15) is 53.4 Å². The van der Waals surface area contributed by atoms with E-state index in [9.17, 15) is 50.8 Å². The monoisotopic (exact) mass is 580 g/mol. The smallest absolute Gasteiger partial charge is 0.229 e. The van der Waals surface area contributed by atoms with Crippen molar-refractivity contribution in [3.63, 3.8) is 0 Å². The number of fused-ring (bicyclic) bond motifs is 1. The van der Waals surface area contributed by atoms with Gasteiger partial charge >= 0.3 is 0 Å². The lowest BCUT2D eigenvalue weighted by Gasteiger charge is -2.43. The van der Waals surface area contributed by atoms with Gasteiger partial charge in [0.05, 0.1) is 12.7 Å². The Labute approximate surface area is 230 Å². The van der Waals surface area contributed by atoms with Crippen molar-refractivity contribution in [1.29, 1.82) is 0 Å². The number of phenols is 4. The van der Waals surface area contributed by atoms with Gasteiger partial charge in [-0.05, 0) is 25.1 Å². The molecule has 0 bridgehead atoms. The number of benzene rings is 2. The first-order valence-corrected chi connectivity index (χ1v) is 12.4. The summed E-state index contributed by atoms with van der Waals surface area (Å²) in [5.74, 6) is -3.20. The molecule has 1 aromatic heterocycles. The van der Waals surface area contributed by atoms with Crippen LogP contribution in [0.4, 0.5) is 0 Å². The largest absolute Gasteiger partial charge is 0.504 e. The van der Waals surface area contributed by atoms with Crippen LogP contribution in [0.1, 0.15) is 6.92 Å². The second kappa shape index (κ2) is 11.0. The number of phenolic OH excluding ortho intramolecular Hbond substituents is 4. The Bertz CT molecular complexity index is 1490. The molecule has 0 radical (unpaired) electrons. The first-order chi connectivity index (χ1) is 19.4. The molecule has 2 aliphatic rings. The van der Waals surface area contributed by atoms with Crippen LogP contribution in [0.3, 0.4) is 0 Å². The summed E-state index contributed by atoms with van der Waals surface area (Å²) in [6.45, 7) is 1.01. The molecular formula is C26H28O15.